The average molecular weight is 230 g/mol. The summed E-state index contributed by atoms with van der Waals surface area (Å²) in [7, 11) is 0. The minimum absolute atomic E-state index is 0.355. The third-order valence-corrected chi connectivity index (χ3v) is 3.15. The van der Waals surface area contributed by atoms with Crippen LogP contribution in [0.4, 0.5) is 0 Å². The molecule has 1 N–H and O–H groups in total. The molecular weight excluding hydrogens is 208 g/mol. The lowest BCUT2D eigenvalue weighted by Crippen LogP contribution is -2.21. The zero-order chi connectivity index (χ0) is 11.1. The highest BCUT2D eigenvalue weighted by atomic mass is 32.2. The SMILES string of the molecule is CC(C)OCCCCNC1=NCC(C)S1. The van der Waals surface area contributed by atoms with Crippen molar-refractivity contribution < 1.29 is 4.74 Å². The Hall–Kier alpha value is -0.220. The number of thioether (sulfide) groups is 1. The second kappa shape index (κ2) is 7.12. The van der Waals surface area contributed by atoms with Crippen molar-refractivity contribution >= 4 is 16.9 Å². The molecule has 1 atom stereocenters. The van der Waals surface area contributed by atoms with Gasteiger partial charge >= 0.3 is 0 Å². The van der Waals surface area contributed by atoms with Crippen LogP contribution in [0.15, 0.2) is 4.99 Å². The van der Waals surface area contributed by atoms with Crippen LogP contribution in [0, 0.1) is 0 Å². The molecule has 1 unspecified atom stereocenters. The van der Waals surface area contributed by atoms with E-state index >= 15 is 0 Å². The molecule has 1 aliphatic rings. The van der Waals surface area contributed by atoms with Gasteiger partial charge in [-0.25, -0.2) is 0 Å². The lowest BCUT2D eigenvalue weighted by molar-refractivity contribution is 0.0762. The molecule has 4 heteroatoms. The molecule has 0 saturated carbocycles. The molecule has 0 aromatic rings. The van der Waals surface area contributed by atoms with Gasteiger partial charge in [-0.3, -0.25) is 4.99 Å². The standard InChI is InChI=1S/C11H22N2OS/c1-9(2)14-7-5-4-6-12-11-13-8-10(3)15-11/h9-10H,4-8H2,1-3H3,(H,12,13). The van der Waals surface area contributed by atoms with Crippen molar-refractivity contribution in [2.24, 2.45) is 4.99 Å². The summed E-state index contributed by atoms with van der Waals surface area (Å²) in [6.07, 6.45) is 2.63. The molecular formula is C11H22N2OS. The average Bonchev–Trinajstić information content (AvgIpc) is 2.57. The van der Waals surface area contributed by atoms with E-state index in [0.717, 1.165) is 37.7 Å². The molecule has 3 nitrogen and oxygen atoms in total. The molecule has 0 aromatic carbocycles. The first-order chi connectivity index (χ1) is 7.18. The van der Waals surface area contributed by atoms with Gasteiger partial charge in [-0.05, 0) is 26.7 Å². The quantitative estimate of drug-likeness (QED) is 0.711. The van der Waals surface area contributed by atoms with Crippen LogP contribution in [0.5, 0.6) is 0 Å². The zero-order valence-corrected chi connectivity index (χ0v) is 10.8. The Bertz CT molecular complexity index is 207. The van der Waals surface area contributed by atoms with Gasteiger partial charge in [0.25, 0.3) is 0 Å². The number of hydrogen-bond donors (Lipinski definition) is 1. The largest absolute Gasteiger partial charge is 0.379 e. The Labute approximate surface area is 97.1 Å². The van der Waals surface area contributed by atoms with E-state index in [1.165, 1.54) is 0 Å². The van der Waals surface area contributed by atoms with Crippen molar-refractivity contribution in [2.45, 2.75) is 45.0 Å². The molecule has 0 aromatic heterocycles. The molecule has 0 radical (unpaired) electrons. The molecule has 1 rings (SSSR count). The summed E-state index contributed by atoms with van der Waals surface area (Å²) in [6.45, 7) is 9.20. The highest BCUT2D eigenvalue weighted by Gasteiger charge is 2.13. The summed E-state index contributed by atoms with van der Waals surface area (Å²) in [5.41, 5.74) is 0. The van der Waals surface area contributed by atoms with Crippen LogP contribution in [0.25, 0.3) is 0 Å². The van der Waals surface area contributed by atoms with Crippen molar-refractivity contribution in [3.8, 4) is 0 Å². The number of aliphatic imine (C=N–C) groups is 1. The topological polar surface area (TPSA) is 33.6 Å². The normalized spacial score (nSPS) is 20.8. The van der Waals surface area contributed by atoms with Crippen molar-refractivity contribution in [1.29, 1.82) is 0 Å². The van der Waals surface area contributed by atoms with Gasteiger partial charge in [-0.15, -0.1) is 0 Å². The maximum absolute atomic E-state index is 5.47. The fourth-order valence-corrected chi connectivity index (χ4v) is 2.18. The third-order valence-electron chi connectivity index (χ3n) is 2.10. The van der Waals surface area contributed by atoms with Crippen LogP contribution in [0.1, 0.15) is 33.6 Å². The summed E-state index contributed by atoms with van der Waals surface area (Å²) >= 11 is 1.84. The van der Waals surface area contributed by atoms with Gasteiger partial charge in [0.15, 0.2) is 5.17 Å². The summed E-state index contributed by atoms with van der Waals surface area (Å²) < 4.78 is 5.47. The maximum atomic E-state index is 5.47. The molecule has 1 heterocycles. The molecule has 0 spiro atoms. The van der Waals surface area contributed by atoms with Crippen LogP contribution in [-0.2, 0) is 4.74 Å². The first kappa shape index (κ1) is 12.8. The Morgan fingerprint density at radius 3 is 2.93 bits per heavy atom. The molecule has 1 aliphatic heterocycles. The van der Waals surface area contributed by atoms with Crippen LogP contribution >= 0.6 is 11.8 Å². The molecule has 0 aliphatic carbocycles. The fraction of sp³-hybridized carbons (Fsp3) is 0.909. The highest BCUT2D eigenvalue weighted by molar-refractivity contribution is 8.14. The van der Waals surface area contributed by atoms with E-state index in [0.29, 0.717) is 11.4 Å². The monoisotopic (exact) mass is 230 g/mol. The van der Waals surface area contributed by atoms with Gasteiger partial charge in [0.1, 0.15) is 0 Å². The van der Waals surface area contributed by atoms with Crippen molar-refractivity contribution in [2.75, 3.05) is 19.7 Å². The summed E-state index contributed by atoms with van der Waals surface area (Å²) in [6, 6.07) is 0. The third kappa shape index (κ3) is 6.05. The first-order valence-corrected chi connectivity index (χ1v) is 6.63. The van der Waals surface area contributed by atoms with Crippen LogP contribution in [-0.4, -0.2) is 36.2 Å². The summed E-state index contributed by atoms with van der Waals surface area (Å²) in [4.78, 5) is 4.40. The molecule has 0 saturated heterocycles. The van der Waals surface area contributed by atoms with E-state index in [1.807, 2.05) is 11.8 Å². The second-order valence-corrected chi connectivity index (χ2v) is 5.55. The molecule has 0 bridgehead atoms. The van der Waals surface area contributed by atoms with Gasteiger partial charge in [-0.2, -0.15) is 0 Å². The lowest BCUT2D eigenvalue weighted by atomic mass is 10.3. The summed E-state index contributed by atoms with van der Waals surface area (Å²) in [5, 5.41) is 5.13. The second-order valence-electron chi connectivity index (χ2n) is 4.13. The zero-order valence-electron chi connectivity index (χ0n) is 9.95. The predicted molar refractivity (Wildman–Crippen MR) is 67.7 cm³/mol. The van der Waals surface area contributed by atoms with Crippen LogP contribution < -0.4 is 5.32 Å². The highest BCUT2D eigenvalue weighted by Crippen LogP contribution is 2.18. The van der Waals surface area contributed by atoms with E-state index in [9.17, 15) is 0 Å². The number of hydrogen-bond acceptors (Lipinski definition) is 4. The number of unbranched alkanes of at least 4 members (excludes halogenated alkanes) is 1. The minimum atomic E-state index is 0.355. The number of ether oxygens (including phenoxy) is 1. The number of amidine groups is 1. The van der Waals surface area contributed by atoms with E-state index in [-0.39, 0.29) is 0 Å². The van der Waals surface area contributed by atoms with Crippen LogP contribution in [0.3, 0.4) is 0 Å². The molecule has 0 amide bonds. The van der Waals surface area contributed by atoms with Gasteiger partial charge < -0.3 is 10.1 Å². The Morgan fingerprint density at radius 1 is 1.53 bits per heavy atom. The fourth-order valence-electron chi connectivity index (χ4n) is 1.32. The van der Waals surface area contributed by atoms with E-state index in [1.54, 1.807) is 0 Å². The Morgan fingerprint density at radius 2 is 2.33 bits per heavy atom. The van der Waals surface area contributed by atoms with E-state index < -0.39 is 0 Å². The van der Waals surface area contributed by atoms with Crippen molar-refractivity contribution in [3.63, 3.8) is 0 Å². The van der Waals surface area contributed by atoms with E-state index in [2.05, 4.69) is 31.1 Å². The van der Waals surface area contributed by atoms with E-state index in [4.69, 9.17) is 4.74 Å². The Balaban J connectivity index is 1.89. The smallest absolute Gasteiger partial charge is 0.156 e. The predicted octanol–water partition coefficient (Wildman–Crippen LogP) is 2.27. The summed E-state index contributed by atoms with van der Waals surface area (Å²) in [5.74, 6) is 0. The van der Waals surface area contributed by atoms with Gasteiger partial charge in [0.2, 0.25) is 0 Å². The maximum Gasteiger partial charge on any atom is 0.156 e. The Kier molecular flexibility index (Phi) is 6.10. The van der Waals surface area contributed by atoms with Crippen molar-refractivity contribution in [3.05, 3.63) is 0 Å². The number of rotatable bonds is 6. The van der Waals surface area contributed by atoms with Gasteiger partial charge in [0, 0.05) is 18.4 Å². The molecule has 15 heavy (non-hydrogen) atoms. The minimum Gasteiger partial charge on any atom is -0.379 e. The van der Waals surface area contributed by atoms with Gasteiger partial charge in [0.05, 0.1) is 12.6 Å². The molecule has 0 fully saturated rings. The number of nitrogens with zero attached hydrogens (tertiary/aromatic N) is 1. The molecule has 88 valence electrons. The van der Waals surface area contributed by atoms with Crippen molar-refractivity contribution in [1.82, 2.24) is 5.32 Å². The van der Waals surface area contributed by atoms with Gasteiger partial charge in [-0.1, -0.05) is 18.7 Å². The lowest BCUT2D eigenvalue weighted by Gasteiger charge is -2.08. The first-order valence-electron chi connectivity index (χ1n) is 5.75. The van der Waals surface area contributed by atoms with Crippen LogP contribution in [0.2, 0.25) is 0 Å². The number of nitrogens with one attached hydrogen (secondary N) is 1.